The normalized spacial score (nSPS) is 13.5. The Morgan fingerprint density at radius 1 is 1.04 bits per heavy atom. The van der Waals surface area contributed by atoms with Crippen LogP contribution in [0, 0.1) is 0 Å². The molecular weight excluding hydrogens is 328 g/mol. The lowest BCUT2D eigenvalue weighted by Gasteiger charge is -2.20. The first-order chi connectivity index (χ1) is 11.4. The third-order valence-electron chi connectivity index (χ3n) is 3.75. The molecule has 0 amide bonds. The molecule has 0 aliphatic heterocycles. The van der Waals surface area contributed by atoms with Crippen LogP contribution in [0.5, 0.6) is 0 Å². The predicted molar refractivity (Wildman–Crippen MR) is 94.4 cm³/mol. The summed E-state index contributed by atoms with van der Waals surface area (Å²) in [5.41, 5.74) is -1.01. The molecular formula is C18H20O5S. The molecule has 2 rings (SSSR count). The van der Waals surface area contributed by atoms with Gasteiger partial charge in [0.15, 0.2) is 5.60 Å². The number of aliphatic hydroxyl groups is 1. The number of fused-ring (bicyclic) bond motifs is 1. The van der Waals surface area contributed by atoms with E-state index in [1.54, 1.807) is 0 Å². The van der Waals surface area contributed by atoms with E-state index in [0.717, 1.165) is 12.8 Å². The number of rotatable bonds is 9. The molecule has 0 aliphatic rings. The van der Waals surface area contributed by atoms with Gasteiger partial charge >= 0.3 is 11.9 Å². The standard InChI is InChI=1S/C18H20O5S/c19-16(20)11-18(23,17(21)22)12-24-9-3-4-13-7-8-14-5-1-2-6-15(14)10-13/h1-2,5-8,10,23H,3-4,9,11-12H2,(H,19,20)(H,21,22)/t18-/m1/s1. The second-order valence-electron chi connectivity index (χ2n) is 5.74. The van der Waals surface area contributed by atoms with Crippen molar-refractivity contribution in [3.8, 4) is 0 Å². The van der Waals surface area contributed by atoms with Crippen molar-refractivity contribution in [1.29, 1.82) is 0 Å². The Labute approximate surface area is 144 Å². The Kier molecular flexibility index (Phi) is 6.23. The van der Waals surface area contributed by atoms with Gasteiger partial charge in [-0.1, -0.05) is 42.5 Å². The lowest BCUT2D eigenvalue weighted by atomic mass is 10.0. The summed E-state index contributed by atoms with van der Waals surface area (Å²) in [6, 6.07) is 14.4. The van der Waals surface area contributed by atoms with E-state index in [1.165, 1.54) is 28.1 Å². The number of hydrogen-bond donors (Lipinski definition) is 3. The van der Waals surface area contributed by atoms with Crippen molar-refractivity contribution in [2.75, 3.05) is 11.5 Å². The fourth-order valence-corrected chi connectivity index (χ4v) is 3.51. The number of carboxylic acid groups (broad SMARTS) is 2. The molecule has 24 heavy (non-hydrogen) atoms. The van der Waals surface area contributed by atoms with Crippen molar-refractivity contribution < 1.29 is 24.9 Å². The number of benzene rings is 2. The average Bonchev–Trinajstić information content (AvgIpc) is 2.53. The Morgan fingerprint density at radius 3 is 2.42 bits per heavy atom. The van der Waals surface area contributed by atoms with Gasteiger partial charge in [-0.15, -0.1) is 0 Å². The van der Waals surface area contributed by atoms with E-state index in [9.17, 15) is 14.7 Å². The molecule has 0 fully saturated rings. The maximum atomic E-state index is 11.0. The van der Waals surface area contributed by atoms with Gasteiger partial charge in [0, 0.05) is 5.75 Å². The molecule has 0 bridgehead atoms. The molecule has 5 nitrogen and oxygen atoms in total. The van der Waals surface area contributed by atoms with Gasteiger partial charge in [-0.05, 0) is 34.9 Å². The molecule has 0 spiro atoms. The lowest BCUT2D eigenvalue weighted by molar-refractivity contribution is -0.162. The van der Waals surface area contributed by atoms with Crippen LogP contribution in [0.2, 0.25) is 0 Å². The van der Waals surface area contributed by atoms with Crippen LogP contribution in [0.15, 0.2) is 42.5 Å². The summed E-state index contributed by atoms with van der Waals surface area (Å²) in [5, 5.41) is 30.0. The molecule has 1 atom stereocenters. The van der Waals surface area contributed by atoms with Crippen LogP contribution in [0.1, 0.15) is 18.4 Å². The highest BCUT2D eigenvalue weighted by molar-refractivity contribution is 7.99. The second-order valence-corrected chi connectivity index (χ2v) is 6.85. The van der Waals surface area contributed by atoms with Crippen molar-refractivity contribution in [1.82, 2.24) is 0 Å². The Balaban J connectivity index is 1.81. The van der Waals surface area contributed by atoms with Gasteiger partial charge in [0.2, 0.25) is 0 Å². The Morgan fingerprint density at radius 2 is 1.75 bits per heavy atom. The van der Waals surface area contributed by atoms with E-state index in [4.69, 9.17) is 10.2 Å². The van der Waals surface area contributed by atoms with Crippen LogP contribution < -0.4 is 0 Å². The Bertz CT molecular complexity index is 730. The van der Waals surface area contributed by atoms with Crippen LogP contribution in [-0.2, 0) is 16.0 Å². The van der Waals surface area contributed by atoms with Crippen LogP contribution in [0.3, 0.4) is 0 Å². The van der Waals surface area contributed by atoms with Gasteiger partial charge in [0.1, 0.15) is 0 Å². The summed E-state index contributed by atoms with van der Waals surface area (Å²) < 4.78 is 0. The van der Waals surface area contributed by atoms with Gasteiger partial charge in [-0.2, -0.15) is 11.8 Å². The molecule has 0 radical (unpaired) electrons. The monoisotopic (exact) mass is 348 g/mol. The fraction of sp³-hybridized carbons (Fsp3) is 0.333. The third-order valence-corrected chi connectivity index (χ3v) is 5.01. The van der Waals surface area contributed by atoms with Gasteiger partial charge in [-0.25, -0.2) is 4.79 Å². The van der Waals surface area contributed by atoms with E-state index < -0.39 is 24.0 Å². The van der Waals surface area contributed by atoms with Crippen LogP contribution in [-0.4, -0.2) is 44.4 Å². The van der Waals surface area contributed by atoms with Crippen molar-refractivity contribution in [2.24, 2.45) is 0 Å². The van der Waals surface area contributed by atoms with Gasteiger partial charge in [-0.3, -0.25) is 4.79 Å². The number of aryl methyl sites for hydroxylation is 1. The number of thioether (sulfide) groups is 1. The van der Waals surface area contributed by atoms with Gasteiger partial charge in [0.25, 0.3) is 0 Å². The largest absolute Gasteiger partial charge is 0.481 e. The van der Waals surface area contributed by atoms with Crippen molar-refractivity contribution in [2.45, 2.75) is 24.9 Å². The predicted octanol–water partition coefficient (Wildman–Crippen LogP) is 2.80. The highest BCUT2D eigenvalue weighted by Crippen LogP contribution is 2.21. The zero-order valence-corrected chi connectivity index (χ0v) is 14.0. The summed E-state index contributed by atoms with van der Waals surface area (Å²) in [6.07, 6.45) is 0.883. The summed E-state index contributed by atoms with van der Waals surface area (Å²) in [7, 11) is 0. The average molecular weight is 348 g/mol. The van der Waals surface area contributed by atoms with Crippen LogP contribution >= 0.6 is 11.8 Å². The maximum absolute atomic E-state index is 11.0. The smallest absolute Gasteiger partial charge is 0.337 e. The quantitative estimate of drug-likeness (QED) is 0.603. The van der Waals surface area contributed by atoms with E-state index in [0.29, 0.717) is 5.75 Å². The number of carbonyl (C=O) groups is 2. The first-order valence-corrected chi connectivity index (χ1v) is 8.79. The Hall–Kier alpha value is -2.05. The molecule has 0 aliphatic carbocycles. The van der Waals surface area contributed by atoms with Crippen LogP contribution in [0.25, 0.3) is 10.8 Å². The van der Waals surface area contributed by atoms with Crippen LogP contribution in [0.4, 0.5) is 0 Å². The van der Waals surface area contributed by atoms with E-state index in [-0.39, 0.29) is 5.75 Å². The first-order valence-electron chi connectivity index (χ1n) is 7.64. The summed E-state index contributed by atoms with van der Waals surface area (Å²) in [5.74, 6) is -2.29. The molecule has 2 aromatic rings. The molecule has 2 aromatic carbocycles. The zero-order valence-electron chi connectivity index (χ0n) is 13.1. The third kappa shape index (κ3) is 4.97. The maximum Gasteiger partial charge on any atom is 0.337 e. The number of aliphatic carboxylic acids is 2. The van der Waals surface area contributed by atoms with E-state index >= 15 is 0 Å². The molecule has 3 N–H and O–H groups in total. The van der Waals surface area contributed by atoms with Crippen molar-refractivity contribution in [3.63, 3.8) is 0 Å². The number of hydrogen-bond acceptors (Lipinski definition) is 4. The molecule has 0 heterocycles. The summed E-state index contributed by atoms with van der Waals surface area (Å²) >= 11 is 1.26. The molecule has 6 heteroatoms. The highest BCUT2D eigenvalue weighted by atomic mass is 32.2. The van der Waals surface area contributed by atoms with E-state index in [1.807, 2.05) is 12.1 Å². The minimum atomic E-state index is -2.21. The molecule has 0 saturated heterocycles. The first kappa shape index (κ1) is 18.3. The minimum Gasteiger partial charge on any atom is -0.481 e. The fourth-order valence-electron chi connectivity index (χ4n) is 2.45. The van der Waals surface area contributed by atoms with Crippen molar-refractivity contribution in [3.05, 3.63) is 48.0 Å². The second kappa shape index (κ2) is 8.17. The molecule has 0 saturated carbocycles. The minimum absolute atomic E-state index is 0.133. The molecule has 128 valence electrons. The summed E-state index contributed by atoms with van der Waals surface area (Å²) in [4.78, 5) is 21.7. The SMILES string of the molecule is O=C(O)C[C@@](O)(CSCCCc1ccc2ccccc2c1)C(=O)O. The topological polar surface area (TPSA) is 94.8 Å². The molecule has 0 aromatic heterocycles. The van der Waals surface area contributed by atoms with Crippen molar-refractivity contribution >= 4 is 34.5 Å². The summed E-state index contributed by atoms with van der Waals surface area (Å²) in [6.45, 7) is 0. The van der Waals surface area contributed by atoms with E-state index in [2.05, 4.69) is 30.3 Å². The zero-order chi connectivity index (χ0) is 17.6. The molecule has 0 unspecified atom stereocenters. The lowest BCUT2D eigenvalue weighted by Crippen LogP contribution is -2.43. The van der Waals surface area contributed by atoms with Gasteiger partial charge < -0.3 is 15.3 Å². The highest BCUT2D eigenvalue weighted by Gasteiger charge is 2.38. The van der Waals surface area contributed by atoms with Gasteiger partial charge in [0.05, 0.1) is 6.42 Å². The number of carboxylic acids is 2.